The van der Waals surface area contributed by atoms with Crippen molar-refractivity contribution in [3.8, 4) is 0 Å². The van der Waals surface area contributed by atoms with E-state index in [-0.39, 0.29) is 17.5 Å². The molecular formula is C12H21N3O3S. The Labute approximate surface area is 113 Å². The van der Waals surface area contributed by atoms with Gasteiger partial charge in [0.05, 0.1) is 11.5 Å². The maximum absolute atomic E-state index is 11.5. The lowest BCUT2D eigenvalue weighted by Crippen LogP contribution is -2.46. The van der Waals surface area contributed by atoms with Crippen molar-refractivity contribution in [3.63, 3.8) is 0 Å². The summed E-state index contributed by atoms with van der Waals surface area (Å²) in [6.45, 7) is 4.80. The number of rotatable bonds is 5. The Balaban J connectivity index is 1.89. The summed E-state index contributed by atoms with van der Waals surface area (Å²) in [5, 5.41) is 7.10. The van der Waals surface area contributed by atoms with Gasteiger partial charge >= 0.3 is 0 Å². The zero-order chi connectivity index (χ0) is 13.9. The summed E-state index contributed by atoms with van der Waals surface area (Å²) in [6.07, 6.45) is 2.31. The maximum Gasteiger partial charge on any atom is 0.228 e. The molecular weight excluding hydrogens is 266 g/mol. The van der Waals surface area contributed by atoms with Crippen molar-refractivity contribution in [3.05, 3.63) is 11.7 Å². The highest BCUT2D eigenvalue weighted by molar-refractivity contribution is 7.91. The molecule has 2 rings (SSSR count). The van der Waals surface area contributed by atoms with Crippen molar-refractivity contribution in [1.82, 2.24) is 15.5 Å². The van der Waals surface area contributed by atoms with Gasteiger partial charge in [0.15, 0.2) is 15.7 Å². The van der Waals surface area contributed by atoms with E-state index in [0.717, 1.165) is 12.8 Å². The first-order chi connectivity index (χ1) is 8.94. The molecule has 19 heavy (non-hydrogen) atoms. The van der Waals surface area contributed by atoms with E-state index in [4.69, 9.17) is 4.52 Å². The summed E-state index contributed by atoms with van der Waals surface area (Å²) in [5.74, 6) is 2.20. The molecule has 1 fully saturated rings. The van der Waals surface area contributed by atoms with Gasteiger partial charge in [0.25, 0.3) is 0 Å². The molecule has 7 heteroatoms. The third-order valence-corrected chi connectivity index (χ3v) is 4.91. The molecule has 1 atom stereocenters. The summed E-state index contributed by atoms with van der Waals surface area (Å²) >= 11 is 0. The van der Waals surface area contributed by atoms with Crippen molar-refractivity contribution in [1.29, 1.82) is 0 Å². The van der Waals surface area contributed by atoms with E-state index in [1.54, 1.807) is 0 Å². The molecule has 1 aliphatic rings. The summed E-state index contributed by atoms with van der Waals surface area (Å²) < 4.78 is 28.2. The molecule has 0 amide bonds. The number of hydrogen-bond acceptors (Lipinski definition) is 6. The number of nitrogens with zero attached hydrogens (tertiary/aromatic N) is 2. The van der Waals surface area contributed by atoms with Crippen molar-refractivity contribution in [2.45, 2.75) is 39.2 Å². The SMILES string of the molecule is CC(C)CCc1noc(CC2CS(=O)(=O)CCN2)n1. The average molecular weight is 287 g/mol. The minimum atomic E-state index is -2.92. The zero-order valence-corrected chi connectivity index (χ0v) is 12.2. The highest BCUT2D eigenvalue weighted by Crippen LogP contribution is 2.10. The van der Waals surface area contributed by atoms with Gasteiger partial charge in [-0.25, -0.2) is 8.42 Å². The van der Waals surface area contributed by atoms with Crippen LogP contribution in [0.15, 0.2) is 4.52 Å². The number of hydrogen-bond donors (Lipinski definition) is 1. The molecule has 0 bridgehead atoms. The van der Waals surface area contributed by atoms with Crippen molar-refractivity contribution >= 4 is 9.84 Å². The fraction of sp³-hybridized carbons (Fsp3) is 0.833. The van der Waals surface area contributed by atoms with Crippen LogP contribution >= 0.6 is 0 Å². The lowest BCUT2D eigenvalue weighted by atomic mass is 10.1. The third kappa shape index (κ3) is 4.58. The minimum Gasteiger partial charge on any atom is -0.339 e. The molecule has 1 aromatic rings. The van der Waals surface area contributed by atoms with E-state index >= 15 is 0 Å². The number of aromatic nitrogens is 2. The van der Waals surface area contributed by atoms with Gasteiger partial charge in [-0.15, -0.1) is 0 Å². The van der Waals surface area contributed by atoms with Gasteiger partial charge in [0.2, 0.25) is 5.89 Å². The topological polar surface area (TPSA) is 85.1 Å². The van der Waals surface area contributed by atoms with Crippen LogP contribution < -0.4 is 5.32 Å². The molecule has 1 saturated heterocycles. The monoisotopic (exact) mass is 287 g/mol. The second-order valence-electron chi connectivity index (χ2n) is 5.51. The van der Waals surface area contributed by atoms with Crippen LogP contribution in [0.1, 0.15) is 32.0 Å². The molecule has 2 heterocycles. The summed E-state index contributed by atoms with van der Waals surface area (Å²) in [5.41, 5.74) is 0. The van der Waals surface area contributed by atoms with E-state index in [1.807, 2.05) is 0 Å². The Morgan fingerprint density at radius 2 is 2.26 bits per heavy atom. The molecule has 1 N–H and O–H groups in total. The Bertz CT molecular complexity index is 510. The molecule has 6 nitrogen and oxygen atoms in total. The van der Waals surface area contributed by atoms with Gasteiger partial charge in [-0.2, -0.15) is 4.98 Å². The molecule has 0 aliphatic carbocycles. The van der Waals surface area contributed by atoms with Gasteiger partial charge in [-0.1, -0.05) is 19.0 Å². The van der Waals surface area contributed by atoms with Gasteiger partial charge < -0.3 is 9.84 Å². The number of aryl methyl sites for hydroxylation is 1. The van der Waals surface area contributed by atoms with Crippen LogP contribution in [0.2, 0.25) is 0 Å². The Morgan fingerprint density at radius 3 is 2.95 bits per heavy atom. The van der Waals surface area contributed by atoms with Gasteiger partial charge in [0.1, 0.15) is 0 Å². The predicted molar refractivity (Wildman–Crippen MR) is 71.6 cm³/mol. The molecule has 0 saturated carbocycles. The molecule has 108 valence electrons. The molecule has 1 aliphatic heterocycles. The highest BCUT2D eigenvalue weighted by atomic mass is 32.2. The number of nitrogens with one attached hydrogen (secondary N) is 1. The summed E-state index contributed by atoms with van der Waals surface area (Å²) in [6, 6.07) is -0.114. The van der Waals surface area contributed by atoms with Gasteiger partial charge in [-0.3, -0.25) is 0 Å². The fourth-order valence-electron chi connectivity index (χ4n) is 2.10. The van der Waals surface area contributed by atoms with Gasteiger partial charge in [-0.05, 0) is 12.3 Å². The molecule has 1 unspecified atom stereocenters. The standard InChI is InChI=1S/C12H21N3O3S/c1-9(2)3-4-11-14-12(18-15-11)7-10-8-19(16,17)6-5-13-10/h9-10,13H,3-8H2,1-2H3. The van der Waals surface area contributed by atoms with Crippen molar-refractivity contribution in [2.75, 3.05) is 18.1 Å². The smallest absolute Gasteiger partial charge is 0.228 e. The highest BCUT2D eigenvalue weighted by Gasteiger charge is 2.25. The quantitative estimate of drug-likeness (QED) is 0.853. The Hall–Kier alpha value is -0.950. The summed E-state index contributed by atoms with van der Waals surface area (Å²) in [7, 11) is -2.92. The first-order valence-electron chi connectivity index (χ1n) is 6.70. The van der Waals surface area contributed by atoms with Crippen LogP contribution in [0.5, 0.6) is 0 Å². The second kappa shape index (κ2) is 6.00. The zero-order valence-electron chi connectivity index (χ0n) is 11.4. The van der Waals surface area contributed by atoms with Crippen LogP contribution in [0.3, 0.4) is 0 Å². The Morgan fingerprint density at radius 1 is 1.47 bits per heavy atom. The third-order valence-electron chi connectivity index (χ3n) is 3.18. The first kappa shape index (κ1) is 14.5. The van der Waals surface area contributed by atoms with E-state index in [0.29, 0.717) is 30.6 Å². The minimum absolute atomic E-state index is 0.114. The first-order valence-corrected chi connectivity index (χ1v) is 8.52. The normalized spacial score (nSPS) is 22.8. The van der Waals surface area contributed by atoms with Gasteiger partial charge in [0, 0.05) is 25.4 Å². The van der Waals surface area contributed by atoms with E-state index in [2.05, 4.69) is 29.3 Å². The summed E-state index contributed by atoms with van der Waals surface area (Å²) in [4.78, 5) is 4.31. The predicted octanol–water partition coefficient (Wildman–Crippen LogP) is 0.587. The number of sulfone groups is 1. The van der Waals surface area contributed by atoms with E-state index < -0.39 is 9.84 Å². The maximum atomic E-state index is 11.5. The van der Waals surface area contributed by atoms with E-state index in [1.165, 1.54) is 0 Å². The molecule has 0 aromatic carbocycles. The average Bonchev–Trinajstić information content (AvgIpc) is 2.73. The fourth-order valence-corrected chi connectivity index (χ4v) is 3.55. The molecule has 0 radical (unpaired) electrons. The lowest BCUT2D eigenvalue weighted by Gasteiger charge is -2.21. The van der Waals surface area contributed by atoms with Crippen LogP contribution in [-0.4, -0.2) is 42.7 Å². The van der Waals surface area contributed by atoms with Crippen LogP contribution in [0.25, 0.3) is 0 Å². The van der Waals surface area contributed by atoms with Crippen molar-refractivity contribution < 1.29 is 12.9 Å². The molecule has 1 aromatic heterocycles. The van der Waals surface area contributed by atoms with Crippen LogP contribution in [0, 0.1) is 5.92 Å². The van der Waals surface area contributed by atoms with E-state index in [9.17, 15) is 8.42 Å². The van der Waals surface area contributed by atoms with Crippen molar-refractivity contribution in [2.24, 2.45) is 5.92 Å². The van der Waals surface area contributed by atoms with Crippen LogP contribution in [-0.2, 0) is 22.7 Å². The second-order valence-corrected chi connectivity index (χ2v) is 7.74. The van der Waals surface area contributed by atoms with Crippen LogP contribution in [0.4, 0.5) is 0 Å². The Kier molecular flexibility index (Phi) is 4.57. The molecule has 0 spiro atoms. The largest absolute Gasteiger partial charge is 0.339 e. The lowest BCUT2D eigenvalue weighted by molar-refractivity contribution is 0.356.